The van der Waals surface area contributed by atoms with Gasteiger partial charge >= 0.3 is 5.69 Å². The molecule has 0 fully saturated rings. The highest BCUT2D eigenvalue weighted by Crippen LogP contribution is 2.40. The van der Waals surface area contributed by atoms with Crippen molar-refractivity contribution in [2.24, 2.45) is 0 Å². The second-order valence-corrected chi connectivity index (χ2v) is 6.71. The molecule has 0 aliphatic carbocycles. The summed E-state index contributed by atoms with van der Waals surface area (Å²) in [6.45, 7) is 0.323. The Kier molecular flexibility index (Phi) is 5.48. The van der Waals surface area contributed by atoms with E-state index >= 15 is 0 Å². The lowest BCUT2D eigenvalue weighted by Crippen LogP contribution is -2.17. The van der Waals surface area contributed by atoms with Gasteiger partial charge in [0.2, 0.25) is 5.75 Å². The number of aromatic amines is 1. The van der Waals surface area contributed by atoms with E-state index in [1.807, 2.05) is 24.3 Å². The highest BCUT2D eigenvalue weighted by Gasteiger charge is 2.17. The minimum atomic E-state index is -0.292. The summed E-state index contributed by atoms with van der Waals surface area (Å²) in [5.41, 5.74) is 2.74. The van der Waals surface area contributed by atoms with Gasteiger partial charge in [-0.25, -0.2) is 14.8 Å². The van der Waals surface area contributed by atoms with Crippen LogP contribution < -0.4 is 24.6 Å². The summed E-state index contributed by atoms with van der Waals surface area (Å²) in [6, 6.07) is 11.1. The maximum atomic E-state index is 12.6. The molecule has 0 spiro atoms. The summed E-state index contributed by atoms with van der Waals surface area (Å²) < 4.78 is 23.1. The lowest BCUT2D eigenvalue weighted by Gasteiger charge is -2.14. The first kappa shape index (κ1) is 20.3. The van der Waals surface area contributed by atoms with Crippen LogP contribution in [0.4, 0.5) is 0 Å². The van der Waals surface area contributed by atoms with Crippen molar-refractivity contribution in [2.75, 3.05) is 28.4 Å². The lowest BCUT2D eigenvalue weighted by atomic mass is 10.1. The van der Waals surface area contributed by atoms with Gasteiger partial charge in [-0.15, -0.1) is 0 Å². The molecule has 0 amide bonds. The minimum absolute atomic E-state index is 0.292. The van der Waals surface area contributed by atoms with Crippen LogP contribution in [0.2, 0.25) is 0 Å². The number of rotatable bonds is 7. The number of nitrogens with one attached hydrogen (secondary N) is 1. The third-order valence-electron chi connectivity index (χ3n) is 4.92. The Morgan fingerprint density at radius 2 is 1.71 bits per heavy atom. The zero-order valence-corrected chi connectivity index (χ0v) is 17.6. The SMILES string of the molecule is COc1cccc(Cn2c(=O)[nH]c3ncc(-c4cc(OC)c(OC)c(OC)c4)nc32)c1. The van der Waals surface area contributed by atoms with Crippen molar-refractivity contribution < 1.29 is 18.9 Å². The Morgan fingerprint density at radius 3 is 2.35 bits per heavy atom. The topological polar surface area (TPSA) is 100 Å². The smallest absolute Gasteiger partial charge is 0.329 e. The first-order chi connectivity index (χ1) is 15.1. The van der Waals surface area contributed by atoms with E-state index in [1.165, 1.54) is 0 Å². The van der Waals surface area contributed by atoms with E-state index in [-0.39, 0.29) is 5.69 Å². The zero-order valence-electron chi connectivity index (χ0n) is 17.6. The second kappa shape index (κ2) is 8.39. The monoisotopic (exact) mass is 422 g/mol. The highest BCUT2D eigenvalue weighted by molar-refractivity contribution is 5.73. The van der Waals surface area contributed by atoms with Gasteiger partial charge in [-0.05, 0) is 29.8 Å². The van der Waals surface area contributed by atoms with Gasteiger partial charge < -0.3 is 18.9 Å². The molecular weight excluding hydrogens is 400 g/mol. The molecule has 0 saturated heterocycles. The van der Waals surface area contributed by atoms with E-state index in [0.717, 1.165) is 11.3 Å². The summed E-state index contributed by atoms with van der Waals surface area (Å²) in [7, 11) is 6.25. The number of nitrogens with zero attached hydrogens (tertiary/aromatic N) is 3. The van der Waals surface area contributed by atoms with Crippen LogP contribution in [0.1, 0.15) is 5.56 Å². The molecule has 0 aliphatic rings. The predicted molar refractivity (Wildman–Crippen MR) is 115 cm³/mol. The summed E-state index contributed by atoms with van der Waals surface area (Å²) in [6.07, 6.45) is 1.59. The van der Waals surface area contributed by atoms with E-state index in [1.54, 1.807) is 51.3 Å². The summed E-state index contributed by atoms with van der Waals surface area (Å²) in [4.78, 5) is 24.4. The first-order valence-electron chi connectivity index (χ1n) is 9.46. The largest absolute Gasteiger partial charge is 0.497 e. The van der Waals surface area contributed by atoms with Crippen LogP contribution in [0.25, 0.3) is 22.6 Å². The standard InChI is InChI=1S/C22H22N4O5/c1-28-15-7-5-6-13(8-15)12-26-21-20(25-22(26)27)23-11-16(24-21)14-9-17(29-2)19(31-4)18(10-14)30-3/h5-11H,12H2,1-4H3,(H,23,25,27). The molecular formula is C22H22N4O5. The summed E-state index contributed by atoms with van der Waals surface area (Å²) in [5, 5.41) is 0. The van der Waals surface area contributed by atoms with Crippen LogP contribution in [0.3, 0.4) is 0 Å². The lowest BCUT2D eigenvalue weighted by molar-refractivity contribution is 0.324. The highest BCUT2D eigenvalue weighted by atomic mass is 16.5. The fourth-order valence-electron chi connectivity index (χ4n) is 3.39. The fourth-order valence-corrected chi connectivity index (χ4v) is 3.39. The molecule has 2 aromatic carbocycles. The van der Waals surface area contributed by atoms with Gasteiger partial charge in [0.15, 0.2) is 22.8 Å². The van der Waals surface area contributed by atoms with Crippen LogP contribution in [0.15, 0.2) is 47.4 Å². The molecule has 0 saturated carbocycles. The Balaban J connectivity index is 1.81. The van der Waals surface area contributed by atoms with E-state index < -0.39 is 0 Å². The minimum Gasteiger partial charge on any atom is -0.497 e. The van der Waals surface area contributed by atoms with Crippen molar-refractivity contribution in [2.45, 2.75) is 6.54 Å². The first-order valence-corrected chi connectivity index (χ1v) is 9.46. The van der Waals surface area contributed by atoms with Gasteiger partial charge in [0.25, 0.3) is 0 Å². The average molecular weight is 422 g/mol. The molecule has 1 N–H and O–H groups in total. The Hall–Kier alpha value is -4.01. The molecule has 31 heavy (non-hydrogen) atoms. The normalized spacial score (nSPS) is 10.8. The van der Waals surface area contributed by atoms with Crippen molar-refractivity contribution in [1.29, 1.82) is 0 Å². The van der Waals surface area contributed by atoms with Gasteiger partial charge in [0.05, 0.1) is 46.9 Å². The molecule has 9 nitrogen and oxygen atoms in total. The van der Waals surface area contributed by atoms with Gasteiger partial charge in [-0.3, -0.25) is 9.55 Å². The molecule has 0 radical (unpaired) electrons. The molecule has 4 rings (SSSR count). The molecule has 0 aliphatic heterocycles. The van der Waals surface area contributed by atoms with Gasteiger partial charge in [0.1, 0.15) is 5.75 Å². The van der Waals surface area contributed by atoms with Crippen molar-refractivity contribution in [1.82, 2.24) is 19.5 Å². The van der Waals surface area contributed by atoms with Crippen LogP contribution in [-0.2, 0) is 6.54 Å². The summed E-state index contributed by atoms with van der Waals surface area (Å²) >= 11 is 0. The molecule has 4 aromatic rings. The Bertz CT molecular complexity index is 1270. The average Bonchev–Trinajstić information content (AvgIpc) is 3.12. The fraction of sp³-hybridized carbons (Fsp3) is 0.227. The molecule has 0 atom stereocenters. The maximum absolute atomic E-state index is 12.6. The van der Waals surface area contributed by atoms with E-state index in [0.29, 0.717) is 46.3 Å². The third-order valence-corrected chi connectivity index (χ3v) is 4.92. The number of imidazole rings is 1. The van der Waals surface area contributed by atoms with Crippen molar-refractivity contribution >= 4 is 11.3 Å². The van der Waals surface area contributed by atoms with E-state index in [9.17, 15) is 4.79 Å². The number of ether oxygens (including phenoxy) is 4. The van der Waals surface area contributed by atoms with Crippen LogP contribution in [-0.4, -0.2) is 48.0 Å². The van der Waals surface area contributed by atoms with Gasteiger partial charge in [0, 0.05) is 5.56 Å². The number of benzene rings is 2. The van der Waals surface area contributed by atoms with E-state index in [4.69, 9.17) is 23.9 Å². The van der Waals surface area contributed by atoms with E-state index in [2.05, 4.69) is 9.97 Å². The zero-order chi connectivity index (χ0) is 22.0. The number of aromatic nitrogens is 4. The number of fused-ring (bicyclic) bond motifs is 1. The molecule has 0 unspecified atom stereocenters. The van der Waals surface area contributed by atoms with Crippen LogP contribution in [0, 0.1) is 0 Å². The molecule has 2 heterocycles. The van der Waals surface area contributed by atoms with Crippen molar-refractivity contribution in [3.8, 4) is 34.3 Å². The molecule has 2 aromatic heterocycles. The van der Waals surface area contributed by atoms with Gasteiger partial charge in [-0.2, -0.15) is 0 Å². The third kappa shape index (κ3) is 3.77. The number of H-pyrrole nitrogens is 1. The van der Waals surface area contributed by atoms with Crippen LogP contribution in [0.5, 0.6) is 23.0 Å². The van der Waals surface area contributed by atoms with Crippen molar-refractivity contribution in [3.05, 3.63) is 58.6 Å². The Morgan fingerprint density at radius 1 is 0.968 bits per heavy atom. The molecule has 0 bridgehead atoms. The van der Waals surface area contributed by atoms with Crippen LogP contribution >= 0.6 is 0 Å². The summed E-state index contributed by atoms with van der Waals surface area (Å²) in [5.74, 6) is 2.21. The number of hydrogen-bond acceptors (Lipinski definition) is 7. The number of hydrogen-bond donors (Lipinski definition) is 1. The molecule has 9 heteroatoms. The predicted octanol–water partition coefficient (Wildman–Crippen LogP) is 2.87. The maximum Gasteiger partial charge on any atom is 0.329 e. The van der Waals surface area contributed by atoms with Gasteiger partial charge in [-0.1, -0.05) is 12.1 Å². The number of methoxy groups -OCH3 is 4. The molecule has 160 valence electrons. The quantitative estimate of drug-likeness (QED) is 0.489. The second-order valence-electron chi connectivity index (χ2n) is 6.71. The Labute approximate surface area is 178 Å². The van der Waals surface area contributed by atoms with Crippen molar-refractivity contribution in [3.63, 3.8) is 0 Å².